The summed E-state index contributed by atoms with van der Waals surface area (Å²) in [7, 11) is -1.49. The van der Waals surface area contributed by atoms with Gasteiger partial charge >= 0.3 is 0 Å². The minimum Gasteiger partial charge on any atom is -0.393 e. The first kappa shape index (κ1) is 9.74. The molecule has 0 saturated heterocycles. The smallest absolute Gasteiger partial charge is 0.0829 e. The molecule has 0 bridgehead atoms. The Hall–Kier alpha value is -0.263. The minimum absolute atomic E-state index is 0.475. The van der Waals surface area contributed by atoms with E-state index in [9.17, 15) is 5.11 Å². The third-order valence-electron chi connectivity index (χ3n) is 2.06. The van der Waals surface area contributed by atoms with Crippen molar-refractivity contribution in [3.63, 3.8) is 0 Å². The van der Waals surface area contributed by atoms with Crippen LogP contribution in [0.4, 0.5) is 0 Å². The van der Waals surface area contributed by atoms with Crippen LogP contribution < -0.4 is 0 Å². The van der Waals surface area contributed by atoms with Crippen molar-refractivity contribution in [2.45, 2.75) is 38.2 Å². The van der Waals surface area contributed by atoms with E-state index in [1.165, 1.54) is 0 Å². The predicted molar refractivity (Wildman–Crippen MR) is 47.4 cm³/mol. The maximum Gasteiger partial charge on any atom is 0.0829 e. The van der Waals surface area contributed by atoms with Gasteiger partial charge in [-0.3, -0.25) is 0 Å². The summed E-state index contributed by atoms with van der Waals surface area (Å²) in [4.78, 5) is 0. The maximum absolute atomic E-state index is 9.77. The molecule has 0 aliphatic carbocycles. The lowest BCUT2D eigenvalue weighted by Crippen LogP contribution is -2.49. The Balaban J connectivity index is 4.28. The van der Waals surface area contributed by atoms with Crippen LogP contribution in [0.2, 0.25) is 19.6 Å². The average Bonchev–Trinajstić information content (AvgIpc) is 1.61. The van der Waals surface area contributed by atoms with Crippen molar-refractivity contribution in [3.8, 4) is 12.3 Å². The van der Waals surface area contributed by atoms with Gasteiger partial charge < -0.3 is 5.11 Å². The Morgan fingerprint density at radius 2 is 1.90 bits per heavy atom. The van der Waals surface area contributed by atoms with Crippen LogP contribution in [0.3, 0.4) is 0 Å². The van der Waals surface area contributed by atoms with Gasteiger partial charge in [0.1, 0.15) is 0 Å². The van der Waals surface area contributed by atoms with E-state index in [-0.39, 0.29) is 0 Å². The number of hydrogen-bond donors (Lipinski definition) is 1. The molecule has 58 valence electrons. The van der Waals surface area contributed by atoms with Crippen molar-refractivity contribution < 1.29 is 5.11 Å². The summed E-state index contributed by atoms with van der Waals surface area (Å²) in [6.45, 7) is 8.18. The molecule has 0 aromatic rings. The molecule has 0 aromatic carbocycles. The second-order valence-electron chi connectivity index (χ2n) is 3.90. The molecular weight excluding hydrogens is 140 g/mol. The van der Waals surface area contributed by atoms with Crippen LogP contribution in [-0.4, -0.2) is 18.4 Å². The highest BCUT2D eigenvalue weighted by Crippen LogP contribution is 2.22. The molecule has 0 spiro atoms. The van der Waals surface area contributed by atoms with Gasteiger partial charge in [0.05, 0.1) is 13.3 Å². The topological polar surface area (TPSA) is 20.2 Å². The van der Waals surface area contributed by atoms with Crippen LogP contribution in [0, 0.1) is 12.3 Å². The van der Waals surface area contributed by atoms with Crippen molar-refractivity contribution in [3.05, 3.63) is 0 Å². The fourth-order valence-electron chi connectivity index (χ4n) is 0.464. The first-order valence-electron chi connectivity index (χ1n) is 3.47. The molecular formula is C8H16OSi. The molecule has 10 heavy (non-hydrogen) atoms. The van der Waals surface area contributed by atoms with Crippen LogP contribution in [0.15, 0.2) is 0 Å². The Labute approximate surface area is 64.5 Å². The predicted octanol–water partition coefficient (Wildman–Crippen LogP) is 1.64. The first-order valence-corrected chi connectivity index (χ1v) is 6.97. The lowest BCUT2D eigenvalue weighted by molar-refractivity contribution is 0.141. The van der Waals surface area contributed by atoms with Crippen LogP contribution >= 0.6 is 0 Å². The van der Waals surface area contributed by atoms with Crippen LogP contribution in [0.5, 0.6) is 0 Å². The maximum atomic E-state index is 9.77. The summed E-state index contributed by atoms with van der Waals surface area (Å²) in [5.74, 6) is 2.50. The summed E-state index contributed by atoms with van der Waals surface area (Å²) >= 11 is 0. The molecule has 0 aliphatic rings. The fraction of sp³-hybridized carbons (Fsp3) is 0.750. The van der Waals surface area contributed by atoms with E-state index in [2.05, 4.69) is 25.6 Å². The molecule has 0 aliphatic heterocycles. The molecule has 0 rings (SSSR count). The second kappa shape index (κ2) is 2.77. The number of terminal acetylenes is 1. The van der Waals surface area contributed by atoms with E-state index >= 15 is 0 Å². The molecule has 2 heteroatoms. The summed E-state index contributed by atoms with van der Waals surface area (Å²) in [6, 6.07) is 0. The molecule has 0 saturated carbocycles. The normalized spacial score (nSPS) is 17.6. The Kier molecular flexibility index (Phi) is 2.70. The number of hydrogen-bond acceptors (Lipinski definition) is 1. The van der Waals surface area contributed by atoms with E-state index < -0.39 is 13.3 Å². The van der Waals surface area contributed by atoms with Gasteiger partial charge in [-0.05, 0) is 6.92 Å². The molecule has 0 heterocycles. The van der Waals surface area contributed by atoms with Crippen LogP contribution in [0.25, 0.3) is 0 Å². The average molecular weight is 156 g/mol. The van der Waals surface area contributed by atoms with Crippen LogP contribution in [-0.2, 0) is 0 Å². The van der Waals surface area contributed by atoms with Gasteiger partial charge in [0.25, 0.3) is 0 Å². The zero-order chi connectivity index (χ0) is 8.41. The number of aliphatic hydroxyl groups is 1. The van der Waals surface area contributed by atoms with Gasteiger partial charge in [-0.2, -0.15) is 0 Å². The summed E-state index contributed by atoms with van der Waals surface area (Å²) in [5, 5.41) is 9.16. The number of rotatable bonds is 2. The standard InChI is InChI=1S/C8H16OSi/c1-6-7-8(2,9)10(3,4)5/h1,9H,7H2,2-5H3/t8-/m1/s1. The Morgan fingerprint density at radius 1 is 1.50 bits per heavy atom. The lowest BCUT2D eigenvalue weighted by atomic mass is 10.3. The largest absolute Gasteiger partial charge is 0.393 e. The molecule has 1 N–H and O–H groups in total. The lowest BCUT2D eigenvalue weighted by Gasteiger charge is -2.33. The van der Waals surface area contributed by atoms with E-state index in [0.717, 1.165) is 0 Å². The first-order chi connectivity index (χ1) is 4.31. The molecule has 1 nitrogen and oxygen atoms in total. The van der Waals surface area contributed by atoms with Crippen molar-refractivity contribution in [1.82, 2.24) is 0 Å². The van der Waals surface area contributed by atoms with E-state index in [0.29, 0.717) is 6.42 Å². The van der Waals surface area contributed by atoms with Gasteiger partial charge in [-0.15, -0.1) is 12.3 Å². The van der Waals surface area contributed by atoms with Crippen molar-refractivity contribution in [2.24, 2.45) is 0 Å². The zero-order valence-electron chi connectivity index (χ0n) is 7.23. The second-order valence-corrected chi connectivity index (χ2v) is 9.48. The van der Waals surface area contributed by atoms with Crippen molar-refractivity contribution in [1.29, 1.82) is 0 Å². The van der Waals surface area contributed by atoms with Crippen molar-refractivity contribution >= 4 is 8.07 Å². The van der Waals surface area contributed by atoms with E-state index in [4.69, 9.17) is 6.42 Å². The van der Waals surface area contributed by atoms with Crippen molar-refractivity contribution in [2.75, 3.05) is 0 Å². The molecule has 0 fully saturated rings. The third-order valence-corrected chi connectivity index (χ3v) is 5.47. The highest BCUT2D eigenvalue weighted by atomic mass is 28.3. The van der Waals surface area contributed by atoms with Gasteiger partial charge in [-0.1, -0.05) is 19.6 Å². The quantitative estimate of drug-likeness (QED) is 0.476. The molecule has 0 amide bonds. The third kappa shape index (κ3) is 2.16. The van der Waals surface area contributed by atoms with Gasteiger partial charge in [0.2, 0.25) is 0 Å². The summed E-state index contributed by atoms with van der Waals surface area (Å²) in [5.41, 5.74) is 0. The highest BCUT2D eigenvalue weighted by molar-refractivity contribution is 6.78. The molecule has 0 aromatic heterocycles. The Morgan fingerprint density at radius 3 is 2.00 bits per heavy atom. The molecule has 0 radical (unpaired) electrons. The Bertz CT molecular complexity index is 148. The summed E-state index contributed by atoms with van der Waals surface area (Å²) < 4.78 is 0. The zero-order valence-corrected chi connectivity index (χ0v) is 8.23. The fourth-order valence-corrected chi connectivity index (χ4v) is 1.10. The minimum atomic E-state index is -1.49. The monoisotopic (exact) mass is 156 g/mol. The van der Waals surface area contributed by atoms with E-state index in [1.807, 2.05) is 6.92 Å². The van der Waals surface area contributed by atoms with Crippen LogP contribution in [0.1, 0.15) is 13.3 Å². The van der Waals surface area contributed by atoms with Gasteiger partial charge in [0.15, 0.2) is 0 Å². The SMILES string of the molecule is C#CC[C@](C)(O)[Si](C)(C)C. The highest BCUT2D eigenvalue weighted by Gasteiger charge is 2.35. The molecule has 1 atom stereocenters. The van der Waals surface area contributed by atoms with E-state index in [1.54, 1.807) is 0 Å². The molecule has 0 unspecified atom stereocenters. The summed E-state index contributed by atoms with van der Waals surface area (Å²) in [6.07, 6.45) is 5.60. The van der Waals surface area contributed by atoms with Gasteiger partial charge in [-0.25, -0.2) is 0 Å². The van der Waals surface area contributed by atoms with Gasteiger partial charge in [0, 0.05) is 6.42 Å².